The van der Waals surface area contributed by atoms with Gasteiger partial charge in [-0.1, -0.05) is 11.6 Å². The molecule has 1 N–H and O–H groups in total. The number of pyridine rings is 2. The molecule has 150 valence electrons. The minimum Gasteiger partial charge on any atom is -0.482 e. The Morgan fingerprint density at radius 3 is 2.79 bits per heavy atom. The zero-order chi connectivity index (χ0) is 20.5. The molecule has 0 aliphatic heterocycles. The van der Waals surface area contributed by atoms with Crippen LogP contribution in [0.5, 0.6) is 11.6 Å². The molecule has 0 saturated carbocycles. The lowest BCUT2D eigenvalue weighted by Gasteiger charge is -2.13. The van der Waals surface area contributed by atoms with Crippen LogP contribution in [-0.2, 0) is 10.0 Å². The molecule has 0 radical (unpaired) electrons. The molecule has 3 aromatic heterocycles. The summed E-state index contributed by atoms with van der Waals surface area (Å²) in [5.74, 6) is -2.61. The van der Waals surface area contributed by atoms with Crippen molar-refractivity contribution in [3.63, 3.8) is 0 Å². The molecule has 3 rings (SSSR count). The summed E-state index contributed by atoms with van der Waals surface area (Å²) in [7, 11) is -3.15. The first-order valence-corrected chi connectivity index (χ1v) is 9.38. The number of hydrogen-bond acceptors (Lipinski definition) is 6. The summed E-state index contributed by atoms with van der Waals surface area (Å²) in [5.41, 5.74) is 0.196. The second kappa shape index (κ2) is 7.72. The van der Waals surface area contributed by atoms with Crippen LogP contribution in [0.4, 0.5) is 19.0 Å². The summed E-state index contributed by atoms with van der Waals surface area (Å²) in [5, 5.41) is 4.22. The summed E-state index contributed by atoms with van der Waals surface area (Å²) in [6.07, 6.45) is -0.342. The Labute approximate surface area is 161 Å². The van der Waals surface area contributed by atoms with Gasteiger partial charge in [-0.3, -0.25) is 4.72 Å². The van der Waals surface area contributed by atoms with Crippen LogP contribution >= 0.6 is 11.6 Å². The van der Waals surface area contributed by atoms with Crippen LogP contribution in [0.2, 0.25) is 5.02 Å². The normalized spacial score (nSPS) is 11.8. The molecular formula is C15H12ClF3N4O4S. The van der Waals surface area contributed by atoms with E-state index in [0.29, 0.717) is 11.1 Å². The summed E-state index contributed by atoms with van der Waals surface area (Å²) < 4.78 is 76.9. The van der Waals surface area contributed by atoms with Gasteiger partial charge in [-0.05, 0) is 12.1 Å². The number of alkyl halides is 2. The average Bonchev–Trinajstić information content (AvgIpc) is 3.05. The molecule has 0 fully saturated rings. The predicted octanol–water partition coefficient (Wildman–Crippen LogP) is 2.98. The Balaban J connectivity index is 1.95. The van der Waals surface area contributed by atoms with Crippen LogP contribution in [0.25, 0.3) is 5.52 Å². The largest absolute Gasteiger partial charge is 0.482 e. The van der Waals surface area contributed by atoms with Crippen LogP contribution in [0.3, 0.4) is 0 Å². The van der Waals surface area contributed by atoms with Crippen LogP contribution in [0.1, 0.15) is 0 Å². The van der Waals surface area contributed by atoms with Crippen molar-refractivity contribution in [2.45, 2.75) is 11.3 Å². The molecule has 28 heavy (non-hydrogen) atoms. The Morgan fingerprint density at radius 2 is 2.11 bits per heavy atom. The maximum atomic E-state index is 14.3. The molecule has 0 saturated heterocycles. The molecule has 3 heterocycles. The standard InChI is InChI=1S/C15H12ClF3N4O4S/c1-26-15-11(27-7-13(18)19)4-9(17)14(21-15)22-28(24,25)12-5-20-23-6-8(16)2-3-10(12)23/h2-6,13H,7H2,1H3,(H,21,22). The molecule has 8 nitrogen and oxygen atoms in total. The lowest BCUT2D eigenvalue weighted by molar-refractivity contribution is 0.0799. The molecule has 0 amide bonds. The highest BCUT2D eigenvalue weighted by atomic mass is 35.5. The van der Waals surface area contributed by atoms with Gasteiger partial charge in [0.15, 0.2) is 17.4 Å². The van der Waals surface area contributed by atoms with Crippen molar-refractivity contribution in [2.75, 3.05) is 18.4 Å². The first-order valence-electron chi connectivity index (χ1n) is 7.52. The van der Waals surface area contributed by atoms with Crippen molar-refractivity contribution >= 4 is 33.0 Å². The predicted molar refractivity (Wildman–Crippen MR) is 93.3 cm³/mol. The van der Waals surface area contributed by atoms with Crippen molar-refractivity contribution < 1.29 is 31.1 Å². The van der Waals surface area contributed by atoms with Crippen molar-refractivity contribution in [1.82, 2.24) is 14.6 Å². The van der Waals surface area contributed by atoms with Crippen LogP contribution in [0, 0.1) is 5.82 Å². The summed E-state index contributed by atoms with van der Waals surface area (Å²) in [6.45, 7) is -1.01. The van der Waals surface area contributed by atoms with Gasteiger partial charge >= 0.3 is 0 Å². The van der Waals surface area contributed by atoms with E-state index in [1.807, 2.05) is 4.72 Å². The van der Waals surface area contributed by atoms with E-state index in [1.54, 1.807) is 0 Å². The van der Waals surface area contributed by atoms with E-state index in [4.69, 9.17) is 21.1 Å². The molecule has 0 atom stereocenters. The summed E-state index contributed by atoms with van der Waals surface area (Å²) in [6, 6.07) is 3.59. The fourth-order valence-electron chi connectivity index (χ4n) is 2.25. The first kappa shape index (κ1) is 20.0. The molecule has 0 aliphatic rings. The second-order valence-electron chi connectivity index (χ2n) is 5.32. The number of anilines is 1. The van der Waals surface area contributed by atoms with Gasteiger partial charge in [-0.25, -0.2) is 26.1 Å². The van der Waals surface area contributed by atoms with Crippen LogP contribution < -0.4 is 14.2 Å². The number of nitrogens with one attached hydrogen (secondary N) is 1. The number of ether oxygens (including phenoxy) is 2. The Bertz CT molecular complexity index is 1120. The number of rotatable bonds is 7. The zero-order valence-electron chi connectivity index (χ0n) is 14.1. The van der Waals surface area contributed by atoms with E-state index < -0.39 is 40.4 Å². The summed E-state index contributed by atoms with van der Waals surface area (Å²) >= 11 is 5.83. The third kappa shape index (κ3) is 4.07. The molecule has 0 aromatic carbocycles. The maximum absolute atomic E-state index is 14.3. The lowest BCUT2D eigenvalue weighted by atomic mass is 10.4. The third-order valence-electron chi connectivity index (χ3n) is 3.43. The molecule has 0 bridgehead atoms. The Kier molecular flexibility index (Phi) is 5.52. The first-order chi connectivity index (χ1) is 13.2. The van der Waals surface area contributed by atoms with Gasteiger partial charge in [-0.15, -0.1) is 0 Å². The number of methoxy groups -OCH3 is 1. The Morgan fingerprint density at radius 1 is 1.36 bits per heavy atom. The van der Waals surface area contributed by atoms with E-state index in [9.17, 15) is 21.6 Å². The van der Waals surface area contributed by atoms with E-state index in [0.717, 1.165) is 13.3 Å². The monoisotopic (exact) mass is 436 g/mol. The number of halogens is 4. The fourth-order valence-corrected chi connectivity index (χ4v) is 3.54. The minimum atomic E-state index is -4.29. The van der Waals surface area contributed by atoms with Crippen LogP contribution in [0.15, 0.2) is 35.5 Å². The van der Waals surface area contributed by atoms with Gasteiger partial charge in [0, 0.05) is 12.3 Å². The fraction of sp³-hybridized carbons (Fsp3) is 0.200. The van der Waals surface area contributed by atoms with E-state index in [-0.39, 0.29) is 16.3 Å². The van der Waals surface area contributed by atoms with Crippen LogP contribution in [-0.4, -0.2) is 43.2 Å². The third-order valence-corrected chi connectivity index (χ3v) is 5.01. The van der Waals surface area contributed by atoms with E-state index >= 15 is 0 Å². The minimum absolute atomic E-state index is 0.196. The number of aromatic nitrogens is 3. The molecular weight excluding hydrogens is 425 g/mol. The van der Waals surface area contributed by atoms with Gasteiger partial charge in [-0.2, -0.15) is 10.1 Å². The molecule has 0 unspecified atom stereocenters. The Hall–Kier alpha value is -2.73. The van der Waals surface area contributed by atoms with Crippen molar-refractivity contribution in [2.24, 2.45) is 0 Å². The molecule has 0 aliphatic carbocycles. The number of sulfonamides is 1. The number of nitrogens with zero attached hydrogens (tertiary/aromatic N) is 3. The summed E-state index contributed by atoms with van der Waals surface area (Å²) in [4.78, 5) is 3.40. The highest BCUT2D eigenvalue weighted by Gasteiger charge is 2.24. The van der Waals surface area contributed by atoms with Crippen molar-refractivity contribution in [3.05, 3.63) is 41.4 Å². The number of hydrogen-bond donors (Lipinski definition) is 1. The average molecular weight is 437 g/mol. The smallest absolute Gasteiger partial charge is 0.272 e. The van der Waals surface area contributed by atoms with Gasteiger partial charge in [0.05, 0.1) is 23.8 Å². The van der Waals surface area contributed by atoms with Crippen molar-refractivity contribution in [1.29, 1.82) is 0 Å². The maximum Gasteiger partial charge on any atom is 0.272 e. The zero-order valence-corrected chi connectivity index (χ0v) is 15.6. The molecule has 0 spiro atoms. The quantitative estimate of drug-likeness (QED) is 0.612. The lowest BCUT2D eigenvalue weighted by Crippen LogP contribution is -2.16. The number of fused-ring (bicyclic) bond motifs is 1. The van der Waals surface area contributed by atoms with E-state index in [2.05, 4.69) is 10.1 Å². The van der Waals surface area contributed by atoms with Crippen molar-refractivity contribution in [3.8, 4) is 11.6 Å². The highest BCUT2D eigenvalue weighted by Crippen LogP contribution is 2.31. The highest BCUT2D eigenvalue weighted by molar-refractivity contribution is 7.93. The van der Waals surface area contributed by atoms with Gasteiger partial charge in [0.1, 0.15) is 11.5 Å². The van der Waals surface area contributed by atoms with Gasteiger partial charge in [0.25, 0.3) is 22.3 Å². The molecule has 3 aromatic rings. The molecule has 13 heteroatoms. The second-order valence-corrected chi connectivity index (χ2v) is 7.41. The topological polar surface area (TPSA) is 94.8 Å². The van der Waals surface area contributed by atoms with Gasteiger partial charge in [0.2, 0.25) is 0 Å². The van der Waals surface area contributed by atoms with Gasteiger partial charge < -0.3 is 9.47 Å². The SMILES string of the molecule is COc1nc(NS(=O)(=O)c2cnn3cc(Cl)ccc23)c(F)cc1OCC(F)F. The van der Waals surface area contributed by atoms with E-state index in [1.165, 1.54) is 22.8 Å².